The number of nitrogens with one attached hydrogen (secondary N) is 2. The molecule has 1 aliphatic rings. The van der Waals surface area contributed by atoms with Gasteiger partial charge in [-0.3, -0.25) is 0 Å². The second kappa shape index (κ2) is 7.36. The first-order chi connectivity index (χ1) is 9.00. The lowest BCUT2D eigenvalue weighted by atomic mass is 9.90. The van der Waals surface area contributed by atoms with Gasteiger partial charge in [-0.1, -0.05) is 46.0 Å². The third-order valence-electron chi connectivity index (χ3n) is 4.03. The average Bonchev–Trinajstić information content (AvgIpc) is 2.62. The smallest absolute Gasteiger partial charge is 0.329 e. The molecule has 0 heterocycles. The van der Waals surface area contributed by atoms with E-state index in [-0.39, 0.29) is 6.03 Å². The summed E-state index contributed by atoms with van der Waals surface area (Å²) in [6, 6.07) is -0.357. The summed E-state index contributed by atoms with van der Waals surface area (Å²) in [5.41, 5.74) is -1.07. The Kier molecular flexibility index (Phi) is 6.12. The Morgan fingerprint density at radius 1 is 1.21 bits per heavy atom. The molecule has 3 N–H and O–H groups in total. The van der Waals surface area contributed by atoms with Gasteiger partial charge in [-0.2, -0.15) is 0 Å². The SMILES string of the molecule is CCC(C)CNC(=O)NC1(C(=O)O)CCCCCC1. The largest absolute Gasteiger partial charge is 0.480 e. The molecule has 0 aliphatic heterocycles. The van der Waals surface area contributed by atoms with Crippen molar-refractivity contribution in [2.45, 2.75) is 64.3 Å². The maximum atomic E-state index is 11.9. The summed E-state index contributed by atoms with van der Waals surface area (Å²) in [6.45, 7) is 4.70. The predicted molar refractivity (Wildman–Crippen MR) is 74.1 cm³/mol. The van der Waals surface area contributed by atoms with Crippen molar-refractivity contribution in [1.82, 2.24) is 10.6 Å². The molecule has 1 fully saturated rings. The average molecular weight is 270 g/mol. The number of carbonyl (C=O) groups is 2. The van der Waals surface area contributed by atoms with E-state index in [0.717, 1.165) is 32.1 Å². The van der Waals surface area contributed by atoms with Crippen LogP contribution in [0.5, 0.6) is 0 Å². The van der Waals surface area contributed by atoms with Gasteiger partial charge in [0.25, 0.3) is 0 Å². The molecule has 0 aromatic heterocycles. The first-order valence-corrected chi connectivity index (χ1v) is 7.29. The highest BCUT2D eigenvalue weighted by molar-refractivity contribution is 5.86. The van der Waals surface area contributed by atoms with Crippen molar-refractivity contribution < 1.29 is 14.7 Å². The molecule has 2 amide bonds. The van der Waals surface area contributed by atoms with Gasteiger partial charge >= 0.3 is 12.0 Å². The summed E-state index contributed by atoms with van der Waals surface area (Å²) in [5, 5.41) is 14.9. The maximum Gasteiger partial charge on any atom is 0.329 e. The number of carbonyl (C=O) groups excluding carboxylic acids is 1. The van der Waals surface area contributed by atoms with Crippen LogP contribution >= 0.6 is 0 Å². The normalized spacial score (nSPS) is 20.1. The summed E-state index contributed by atoms with van der Waals surface area (Å²) in [6.07, 6.45) is 5.86. The van der Waals surface area contributed by atoms with Gasteiger partial charge in [0.15, 0.2) is 0 Å². The van der Waals surface area contributed by atoms with E-state index in [1.54, 1.807) is 0 Å². The Bertz CT molecular complexity index is 310. The summed E-state index contributed by atoms with van der Waals surface area (Å²) in [5.74, 6) is -0.506. The molecule has 0 spiro atoms. The van der Waals surface area contributed by atoms with Crippen molar-refractivity contribution in [3.05, 3.63) is 0 Å². The second-order valence-electron chi connectivity index (χ2n) is 5.65. The number of urea groups is 1. The fourth-order valence-electron chi connectivity index (χ4n) is 2.40. The van der Waals surface area contributed by atoms with Crippen molar-refractivity contribution >= 4 is 12.0 Å². The number of carboxylic acids is 1. The zero-order valence-corrected chi connectivity index (χ0v) is 12.0. The number of hydrogen-bond acceptors (Lipinski definition) is 2. The lowest BCUT2D eigenvalue weighted by Gasteiger charge is -2.29. The van der Waals surface area contributed by atoms with Gasteiger partial charge < -0.3 is 15.7 Å². The van der Waals surface area contributed by atoms with Gasteiger partial charge in [0.1, 0.15) is 5.54 Å². The van der Waals surface area contributed by atoms with E-state index < -0.39 is 11.5 Å². The lowest BCUT2D eigenvalue weighted by molar-refractivity contribution is -0.145. The summed E-state index contributed by atoms with van der Waals surface area (Å²) < 4.78 is 0. The van der Waals surface area contributed by atoms with Gasteiger partial charge in [-0.15, -0.1) is 0 Å². The van der Waals surface area contributed by atoms with Crippen LogP contribution in [0.25, 0.3) is 0 Å². The molecule has 19 heavy (non-hydrogen) atoms. The number of amides is 2. The second-order valence-corrected chi connectivity index (χ2v) is 5.65. The molecule has 0 radical (unpaired) electrons. The highest BCUT2D eigenvalue weighted by Gasteiger charge is 2.40. The van der Waals surface area contributed by atoms with Gasteiger partial charge in [-0.25, -0.2) is 9.59 Å². The molecule has 0 aromatic carbocycles. The molecule has 1 unspecified atom stereocenters. The summed E-state index contributed by atoms with van der Waals surface area (Å²) in [7, 11) is 0. The van der Waals surface area contributed by atoms with E-state index in [9.17, 15) is 14.7 Å². The molecule has 0 saturated heterocycles. The van der Waals surface area contributed by atoms with E-state index in [1.165, 1.54) is 0 Å². The predicted octanol–water partition coefficient (Wildman–Crippen LogP) is 2.51. The molecule has 1 rings (SSSR count). The maximum absolute atomic E-state index is 11.9. The van der Waals surface area contributed by atoms with Crippen molar-refractivity contribution in [3.8, 4) is 0 Å². The standard InChI is InChI=1S/C14H26N2O3/c1-3-11(2)10-15-13(19)16-14(12(17)18)8-6-4-5-7-9-14/h11H,3-10H2,1-2H3,(H,17,18)(H2,15,16,19). The summed E-state index contributed by atoms with van der Waals surface area (Å²) in [4.78, 5) is 23.4. The van der Waals surface area contributed by atoms with Crippen LogP contribution in [-0.2, 0) is 4.79 Å². The minimum absolute atomic E-state index is 0.357. The van der Waals surface area contributed by atoms with E-state index >= 15 is 0 Å². The zero-order valence-electron chi connectivity index (χ0n) is 12.0. The first-order valence-electron chi connectivity index (χ1n) is 7.29. The monoisotopic (exact) mass is 270 g/mol. The summed E-state index contributed by atoms with van der Waals surface area (Å²) >= 11 is 0. The van der Waals surface area contributed by atoms with E-state index in [4.69, 9.17) is 0 Å². The fraction of sp³-hybridized carbons (Fsp3) is 0.857. The molecule has 1 atom stereocenters. The van der Waals surface area contributed by atoms with Crippen molar-refractivity contribution in [2.24, 2.45) is 5.92 Å². The van der Waals surface area contributed by atoms with Crippen LogP contribution in [0.4, 0.5) is 4.79 Å². The van der Waals surface area contributed by atoms with E-state index in [2.05, 4.69) is 24.5 Å². The van der Waals surface area contributed by atoms with Crippen LogP contribution in [0.15, 0.2) is 0 Å². The minimum Gasteiger partial charge on any atom is -0.480 e. The van der Waals surface area contributed by atoms with Gasteiger partial charge in [0.05, 0.1) is 0 Å². The van der Waals surface area contributed by atoms with Gasteiger partial charge in [0.2, 0.25) is 0 Å². The highest BCUT2D eigenvalue weighted by Crippen LogP contribution is 2.27. The van der Waals surface area contributed by atoms with Crippen molar-refractivity contribution in [3.63, 3.8) is 0 Å². The number of carboxylic acid groups (broad SMARTS) is 1. The molecule has 1 saturated carbocycles. The third-order valence-corrected chi connectivity index (χ3v) is 4.03. The van der Waals surface area contributed by atoms with Crippen LogP contribution in [0.2, 0.25) is 0 Å². The van der Waals surface area contributed by atoms with Gasteiger partial charge in [-0.05, 0) is 18.8 Å². The topological polar surface area (TPSA) is 78.4 Å². The Balaban J connectivity index is 2.57. The Morgan fingerprint density at radius 2 is 1.79 bits per heavy atom. The van der Waals surface area contributed by atoms with Crippen molar-refractivity contribution in [1.29, 1.82) is 0 Å². The van der Waals surface area contributed by atoms with E-state index in [1.807, 2.05) is 0 Å². The lowest BCUT2D eigenvalue weighted by Crippen LogP contribution is -2.57. The number of aliphatic carboxylic acids is 1. The zero-order chi connectivity index (χ0) is 14.3. The molecule has 5 nitrogen and oxygen atoms in total. The number of hydrogen-bond donors (Lipinski definition) is 3. The molecular weight excluding hydrogens is 244 g/mol. The van der Waals surface area contributed by atoms with E-state index in [0.29, 0.717) is 25.3 Å². The number of rotatable bonds is 5. The fourth-order valence-corrected chi connectivity index (χ4v) is 2.40. The van der Waals surface area contributed by atoms with Crippen LogP contribution in [0, 0.1) is 5.92 Å². The highest BCUT2D eigenvalue weighted by atomic mass is 16.4. The molecule has 1 aliphatic carbocycles. The Labute approximate surface area is 115 Å². The van der Waals surface area contributed by atoms with Crippen LogP contribution in [0.1, 0.15) is 58.8 Å². The first kappa shape index (κ1) is 15.8. The minimum atomic E-state index is -1.07. The molecular formula is C14H26N2O3. The van der Waals surface area contributed by atoms with Crippen LogP contribution in [-0.4, -0.2) is 29.2 Å². The van der Waals surface area contributed by atoms with Gasteiger partial charge in [0, 0.05) is 6.54 Å². The Hall–Kier alpha value is -1.26. The van der Waals surface area contributed by atoms with Crippen LogP contribution < -0.4 is 10.6 Å². The van der Waals surface area contributed by atoms with Crippen LogP contribution in [0.3, 0.4) is 0 Å². The molecule has 5 heteroatoms. The third kappa shape index (κ3) is 4.73. The molecule has 110 valence electrons. The molecule has 0 bridgehead atoms. The molecule has 0 aromatic rings. The quantitative estimate of drug-likeness (QED) is 0.672. The van der Waals surface area contributed by atoms with Crippen molar-refractivity contribution in [2.75, 3.05) is 6.54 Å². The Morgan fingerprint density at radius 3 is 2.26 bits per heavy atom.